The lowest BCUT2D eigenvalue weighted by Crippen LogP contribution is -2.35. The molecule has 0 saturated heterocycles. The first-order valence-electron chi connectivity index (χ1n) is 8.91. The Morgan fingerprint density at radius 2 is 1.81 bits per heavy atom. The van der Waals surface area contributed by atoms with E-state index in [4.69, 9.17) is 4.74 Å². The maximum Gasteiger partial charge on any atom is 0.314 e. The average molecular weight is 373 g/mol. The number of hydrogen-bond donors (Lipinski definition) is 2. The van der Waals surface area contributed by atoms with Crippen LogP contribution in [0.5, 0.6) is 0 Å². The smallest absolute Gasteiger partial charge is 0.314 e. The molecule has 0 aliphatic rings. The zero-order chi connectivity index (χ0) is 19.6. The van der Waals surface area contributed by atoms with Crippen LogP contribution in [-0.2, 0) is 34.0 Å². The van der Waals surface area contributed by atoms with Gasteiger partial charge >= 0.3 is 11.8 Å². The molecule has 8 nitrogen and oxygen atoms in total. The van der Waals surface area contributed by atoms with Crippen molar-refractivity contribution in [1.82, 2.24) is 20.0 Å². The number of nitrogens with zero attached hydrogens (tertiary/aromatic N) is 3. The van der Waals surface area contributed by atoms with Crippen LogP contribution in [-0.4, -0.2) is 53.7 Å². The Bertz CT molecular complexity index is 740. The molecule has 27 heavy (non-hydrogen) atoms. The molecule has 1 aromatic heterocycles. The predicted octanol–water partition coefficient (Wildman–Crippen LogP) is 1.24. The molecule has 2 aromatic rings. The van der Waals surface area contributed by atoms with Crippen molar-refractivity contribution in [2.24, 2.45) is 0 Å². The van der Waals surface area contributed by atoms with Crippen LogP contribution >= 0.6 is 0 Å². The van der Waals surface area contributed by atoms with Crippen molar-refractivity contribution in [3.05, 3.63) is 47.7 Å². The molecular weight excluding hydrogens is 346 g/mol. The van der Waals surface area contributed by atoms with Gasteiger partial charge in [-0.05, 0) is 32.1 Å². The van der Waals surface area contributed by atoms with Crippen LogP contribution in [0.25, 0.3) is 0 Å². The fourth-order valence-electron chi connectivity index (χ4n) is 2.26. The van der Waals surface area contributed by atoms with E-state index in [1.54, 1.807) is 16.9 Å². The van der Waals surface area contributed by atoms with E-state index in [-0.39, 0.29) is 6.54 Å². The van der Waals surface area contributed by atoms with Gasteiger partial charge in [-0.25, -0.2) is 0 Å². The van der Waals surface area contributed by atoms with E-state index in [9.17, 15) is 9.59 Å². The number of aromatic nitrogens is 2. The summed E-state index contributed by atoms with van der Waals surface area (Å²) in [6.07, 6.45) is 1.76. The molecule has 0 bridgehead atoms. The Labute approximate surface area is 159 Å². The lowest BCUT2D eigenvalue weighted by molar-refractivity contribution is -0.136. The highest BCUT2D eigenvalue weighted by Gasteiger charge is 2.14. The molecule has 8 heteroatoms. The van der Waals surface area contributed by atoms with Crippen LogP contribution in [0.2, 0.25) is 0 Å². The first-order chi connectivity index (χ1) is 13.0. The number of carbonyl (C=O) groups is 2. The van der Waals surface area contributed by atoms with Gasteiger partial charge in [0.1, 0.15) is 0 Å². The number of amides is 2. The lowest BCUT2D eigenvalue weighted by Gasteiger charge is -2.09. The topological polar surface area (TPSA) is 88.5 Å². The van der Waals surface area contributed by atoms with E-state index in [1.807, 2.05) is 50.2 Å². The highest BCUT2D eigenvalue weighted by molar-refractivity contribution is 6.39. The van der Waals surface area contributed by atoms with Gasteiger partial charge in [0.05, 0.1) is 13.2 Å². The van der Waals surface area contributed by atoms with Gasteiger partial charge in [0.15, 0.2) is 5.82 Å². The van der Waals surface area contributed by atoms with E-state index in [0.29, 0.717) is 25.6 Å². The summed E-state index contributed by atoms with van der Waals surface area (Å²) >= 11 is 0. The molecule has 0 radical (unpaired) electrons. The molecule has 0 spiro atoms. The van der Waals surface area contributed by atoms with Crippen molar-refractivity contribution in [1.29, 1.82) is 0 Å². The molecule has 0 fully saturated rings. The van der Waals surface area contributed by atoms with Gasteiger partial charge in [-0.3, -0.25) is 14.3 Å². The van der Waals surface area contributed by atoms with Gasteiger partial charge in [-0.1, -0.05) is 24.3 Å². The second-order valence-corrected chi connectivity index (χ2v) is 6.36. The molecule has 0 aliphatic heterocycles. The standard InChI is InChI=1S/C19H27N5O3/c1-4-27-14-16-7-5-15(6-8-16)13-20-18(25)19(26)21-17-9-10-24(22-17)12-11-23(2)3/h5-10H,4,11-14H2,1-3H3,(H,20,25)(H,21,22,26). The van der Waals surface area contributed by atoms with Crippen molar-refractivity contribution in [2.45, 2.75) is 26.6 Å². The monoisotopic (exact) mass is 373 g/mol. The van der Waals surface area contributed by atoms with Crippen LogP contribution in [0.1, 0.15) is 18.1 Å². The maximum atomic E-state index is 12.0. The summed E-state index contributed by atoms with van der Waals surface area (Å²) in [5.41, 5.74) is 1.97. The first-order valence-corrected chi connectivity index (χ1v) is 8.91. The van der Waals surface area contributed by atoms with Crippen LogP contribution in [0.4, 0.5) is 5.82 Å². The zero-order valence-electron chi connectivity index (χ0n) is 16.1. The maximum absolute atomic E-state index is 12.0. The van der Waals surface area contributed by atoms with E-state index < -0.39 is 11.8 Å². The fourth-order valence-corrected chi connectivity index (χ4v) is 2.26. The first kappa shape index (κ1) is 20.6. The normalized spacial score (nSPS) is 10.8. The van der Waals surface area contributed by atoms with Crippen molar-refractivity contribution < 1.29 is 14.3 Å². The minimum absolute atomic E-state index is 0.276. The molecule has 1 aromatic carbocycles. The van der Waals surface area contributed by atoms with Gasteiger partial charge in [0.25, 0.3) is 0 Å². The molecule has 2 rings (SSSR count). The SMILES string of the molecule is CCOCc1ccc(CNC(=O)C(=O)Nc2ccn(CCN(C)C)n2)cc1. The van der Waals surface area contributed by atoms with Crippen LogP contribution in [0.15, 0.2) is 36.5 Å². The lowest BCUT2D eigenvalue weighted by atomic mass is 10.1. The zero-order valence-corrected chi connectivity index (χ0v) is 16.1. The number of anilines is 1. The Morgan fingerprint density at radius 1 is 1.11 bits per heavy atom. The fraction of sp³-hybridized carbons (Fsp3) is 0.421. The molecule has 1 heterocycles. The third kappa shape index (κ3) is 7.20. The summed E-state index contributed by atoms with van der Waals surface area (Å²) in [4.78, 5) is 26.0. The van der Waals surface area contributed by atoms with E-state index in [1.165, 1.54) is 0 Å². The largest absolute Gasteiger partial charge is 0.377 e. The number of ether oxygens (including phenoxy) is 1. The summed E-state index contributed by atoms with van der Waals surface area (Å²) in [6, 6.07) is 9.35. The number of benzene rings is 1. The van der Waals surface area contributed by atoms with Crippen LogP contribution < -0.4 is 10.6 Å². The molecule has 0 aliphatic carbocycles. The number of nitrogens with one attached hydrogen (secondary N) is 2. The highest BCUT2D eigenvalue weighted by atomic mass is 16.5. The van der Waals surface area contributed by atoms with Crippen LogP contribution in [0.3, 0.4) is 0 Å². The molecule has 2 amide bonds. The number of rotatable bonds is 9. The summed E-state index contributed by atoms with van der Waals surface area (Å²) in [7, 11) is 3.95. The highest BCUT2D eigenvalue weighted by Crippen LogP contribution is 2.06. The van der Waals surface area contributed by atoms with Gasteiger partial charge in [-0.15, -0.1) is 0 Å². The molecule has 0 unspecified atom stereocenters. The van der Waals surface area contributed by atoms with Crippen molar-refractivity contribution in [3.63, 3.8) is 0 Å². The Hall–Kier alpha value is -2.71. The molecule has 0 saturated carbocycles. The van der Waals surface area contributed by atoms with E-state index in [0.717, 1.165) is 17.7 Å². The van der Waals surface area contributed by atoms with Crippen molar-refractivity contribution in [2.75, 3.05) is 32.6 Å². The number of carbonyl (C=O) groups excluding carboxylic acids is 2. The van der Waals surface area contributed by atoms with Crippen molar-refractivity contribution in [3.8, 4) is 0 Å². The summed E-state index contributed by atoms with van der Waals surface area (Å²) < 4.78 is 7.06. The third-order valence-electron chi connectivity index (χ3n) is 3.81. The quantitative estimate of drug-likeness (QED) is 0.646. The van der Waals surface area contributed by atoms with Gasteiger partial charge in [0.2, 0.25) is 0 Å². The summed E-state index contributed by atoms with van der Waals surface area (Å²) in [5, 5.41) is 9.33. The number of hydrogen-bond acceptors (Lipinski definition) is 5. The van der Waals surface area contributed by atoms with Gasteiger partial charge in [-0.2, -0.15) is 5.10 Å². The molecule has 146 valence electrons. The van der Waals surface area contributed by atoms with Gasteiger partial charge in [0, 0.05) is 32.0 Å². The molecule has 2 N–H and O–H groups in total. The second-order valence-electron chi connectivity index (χ2n) is 6.36. The third-order valence-corrected chi connectivity index (χ3v) is 3.81. The minimum Gasteiger partial charge on any atom is -0.377 e. The Kier molecular flexibility index (Phi) is 7.97. The van der Waals surface area contributed by atoms with Crippen molar-refractivity contribution >= 4 is 17.6 Å². The number of likely N-dealkylation sites (N-methyl/N-ethyl adjacent to an activating group) is 1. The summed E-state index contributed by atoms with van der Waals surface area (Å²) in [5.74, 6) is -1.08. The summed E-state index contributed by atoms with van der Waals surface area (Å²) in [6.45, 7) is 4.99. The Balaban J connectivity index is 1.77. The van der Waals surface area contributed by atoms with Crippen LogP contribution in [0, 0.1) is 0 Å². The Morgan fingerprint density at radius 3 is 2.48 bits per heavy atom. The predicted molar refractivity (Wildman–Crippen MR) is 103 cm³/mol. The van der Waals surface area contributed by atoms with E-state index >= 15 is 0 Å². The van der Waals surface area contributed by atoms with Gasteiger partial charge < -0.3 is 20.3 Å². The average Bonchev–Trinajstić information content (AvgIpc) is 3.10. The minimum atomic E-state index is -0.735. The second kappa shape index (κ2) is 10.4. The van der Waals surface area contributed by atoms with E-state index in [2.05, 4.69) is 15.7 Å². The molecule has 0 atom stereocenters. The molecular formula is C19H27N5O3.